The predicted octanol–water partition coefficient (Wildman–Crippen LogP) is 3.57. The quantitative estimate of drug-likeness (QED) is 0.698. The maximum atomic E-state index is 12.2. The van der Waals surface area contributed by atoms with Gasteiger partial charge in [0.2, 0.25) is 0 Å². The zero-order chi connectivity index (χ0) is 16.2. The number of hydrogen-bond acceptors (Lipinski definition) is 1. The van der Waals surface area contributed by atoms with Gasteiger partial charge in [0.25, 0.3) is 5.91 Å². The topological polar surface area (TPSA) is 44.9 Å². The Balaban J connectivity index is 1.69. The van der Waals surface area contributed by atoms with Crippen molar-refractivity contribution in [1.82, 2.24) is 10.3 Å². The van der Waals surface area contributed by atoms with E-state index in [2.05, 4.69) is 42.1 Å². The molecule has 0 saturated heterocycles. The standard InChI is InChI=1S/C20H18N2O/c1-14-10-11-18-17(15(14)2)13-19(22-18)20(23)21-12-6-9-16-7-4-3-5-8-16/h3-5,7-8,10-11,13,22H,12H2,1-2H3,(H,21,23). The first kappa shape index (κ1) is 14.9. The fourth-order valence-electron chi connectivity index (χ4n) is 2.47. The van der Waals surface area contributed by atoms with Crippen LogP contribution in [0.1, 0.15) is 27.2 Å². The fraction of sp³-hybridized carbons (Fsp3) is 0.150. The van der Waals surface area contributed by atoms with Crippen LogP contribution in [-0.2, 0) is 0 Å². The second-order valence-electron chi connectivity index (χ2n) is 5.50. The molecule has 0 fully saturated rings. The molecule has 3 rings (SSSR count). The van der Waals surface area contributed by atoms with Crippen LogP contribution in [0.25, 0.3) is 10.9 Å². The van der Waals surface area contributed by atoms with E-state index in [0.29, 0.717) is 12.2 Å². The highest BCUT2D eigenvalue weighted by Crippen LogP contribution is 2.22. The van der Waals surface area contributed by atoms with Crippen LogP contribution in [0.4, 0.5) is 0 Å². The number of rotatable bonds is 2. The molecule has 1 aromatic heterocycles. The van der Waals surface area contributed by atoms with Crippen molar-refractivity contribution in [3.8, 4) is 11.8 Å². The second kappa shape index (κ2) is 6.41. The monoisotopic (exact) mass is 302 g/mol. The molecular weight excluding hydrogens is 284 g/mol. The SMILES string of the molecule is Cc1ccc2[nH]c(C(=O)NCC#Cc3ccccc3)cc2c1C. The lowest BCUT2D eigenvalue weighted by atomic mass is 10.1. The van der Waals surface area contributed by atoms with Gasteiger partial charge in [0, 0.05) is 16.5 Å². The Morgan fingerprint density at radius 2 is 1.91 bits per heavy atom. The van der Waals surface area contributed by atoms with E-state index in [9.17, 15) is 4.79 Å². The van der Waals surface area contributed by atoms with Crippen LogP contribution in [0.15, 0.2) is 48.5 Å². The molecule has 1 heterocycles. The van der Waals surface area contributed by atoms with Gasteiger partial charge in [0.1, 0.15) is 5.69 Å². The first-order chi connectivity index (χ1) is 11.1. The lowest BCUT2D eigenvalue weighted by Gasteiger charge is -1.99. The summed E-state index contributed by atoms with van der Waals surface area (Å²) in [6, 6.07) is 15.7. The molecule has 3 aromatic rings. The van der Waals surface area contributed by atoms with E-state index in [1.165, 1.54) is 11.1 Å². The molecule has 2 N–H and O–H groups in total. The number of hydrogen-bond donors (Lipinski definition) is 2. The normalized spacial score (nSPS) is 10.2. The Morgan fingerprint density at radius 1 is 1.13 bits per heavy atom. The van der Waals surface area contributed by atoms with Gasteiger partial charge in [-0.3, -0.25) is 4.79 Å². The number of fused-ring (bicyclic) bond motifs is 1. The average molecular weight is 302 g/mol. The molecule has 2 aromatic carbocycles. The minimum absolute atomic E-state index is 0.138. The molecule has 1 amide bonds. The minimum Gasteiger partial charge on any atom is -0.351 e. The summed E-state index contributed by atoms with van der Waals surface area (Å²) in [6.07, 6.45) is 0. The van der Waals surface area contributed by atoms with Gasteiger partial charge in [-0.25, -0.2) is 0 Å². The number of aryl methyl sites for hydroxylation is 2. The number of benzene rings is 2. The number of aromatic nitrogens is 1. The van der Waals surface area contributed by atoms with E-state index < -0.39 is 0 Å². The van der Waals surface area contributed by atoms with Gasteiger partial charge in [0.05, 0.1) is 6.54 Å². The van der Waals surface area contributed by atoms with Gasteiger partial charge in [-0.05, 0) is 49.2 Å². The molecule has 0 aliphatic heterocycles. The smallest absolute Gasteiger partial charge is 0.268 e. The van der Waals surface area contributed by atoms with E-state index in [4.69, 9.17) is 0 Å². The predicted molar refractivity (Wildman–Crippen MR) is 93.4 cm³/mol. The number of nitrogens with one attached hydrogen (secondary N) is 2. The summed E-state index contributed by atoms with van der Waals surface area (Å²) in [6.45, 7) is 4.46. The summed E-state index contributed by atoms with van der Waals surface area (Å²) < 4.78 is 0. The van der Waals surface area contributed by atoms with Crippen molar-refractivity contribution in [2.75, 3.05) is 6.54 Å². The van der Waals surface area contributed by atoms with Gasteiger partial charge in [-0.2, -0.15) is 0 Å². The lowest BCUT2D eigenvalue weighted by Crippen LogP contribution is -2.23. The molecule has 0 aliphatic carbocycles. The second-order valence-corrected chi connectivity index (χ2v) is 5.50. The van der Waals surface area contributed by atoms with Crippen molar-refractivity contribution in [3.05, 3.63) is 70.9 Å². The van der Waals surface area contributed by atoms with Crippen LogP contribution < -0.4 is 5.32 Å². The number of amides is 1. The molecule has 0 spiro atoms. The molecule has 23 heavy (non-hydrogen) atoms. The average Bonchev–Trinajstić information content (AvgIpc) is 3.01. The molecule has 0 aliphatic rings. The van der Waals surface area contributed by atoms with Gasteiger partial charge < -0.3 is 10.3 Å². The van der Waals surface area contributed by atoms with Crippen molar-refractivity contribution in [2.24, 2.45) is 0 Å². The maximum absolute atomic E-state index is 12.2. The van der Waals surface area contributed by atoms with Crippen molar-refractivity contribution < 1.29 is 4.79 Å². The van der Waals surface area contributed by atoms with Crippen LogP contribution in [0.3, 0.4) is 0 Å². The summed E-state index contributed by atoms with van der Waals surface area (Å²) in [5.41, 5.74) is 4.90. The third-order valence-corrected chi connectivity index (χ3v) is 3.93. The Kier molecular flexibility index (Phi) is 4.16. The summed E-state index contributed by atoms with van der Waals surface area (Å²) in [5.74, 6) is 5.84. The largest absolute Gasteiger partial charge is 0.351 e. The molecule has 3 heteroatoms. The van der Waals surface area contributed by atoms with E-state index in [0.717, 1.165) is 16.5 Å². The first-order valence-corrected chi connectivity index (χ1v) is 7.56. The molecule has 0 saturated carbocycles. The minimum atomic E-state index is -0.138. The van der Waals surface area contributed by atoms with Gasteiger partial charge >= 0.3 is 0 Å². The summed E-state index contributed by atoms with van der Waals surface area (Å²) in [4.78, 5) is 15.4. The molecule has 114 valence electrons. The van der Waals surface area contributed by atoms with Gasteiger partial charge in [0.15, 0.2) is 0 Å². The van der Waals surface area contributed by atoms with Crippen molar-refractivity contribution >= 4 is 16.8 Å². The highest BCUT2D eigenvalue weighted by molar-refractivity contribution is 5.99. The van der Waals surface area contributed by atoms with Crippen LogP contribution in [0, 0.1) is 25.7 Å². The Labute approximate surface area is 135 Å². The molecule has 0 atom stereocenters. The first-order valence-electron chi connectivity index (χ1n) is 7.56. The lowest BCUT2D eigenvalue weighted by molar-refractivity contribution is 0.0954. The summed E-state index contributed by atoms with van der Waals surface area (Å²) in [5, 5.41) is 3.91. The number of aromatic amines is 1. The zero-order valence-corrected chi connectivity index (χ0v) is 13.2. The highest BCUT2D eigenvalue weighted by atomic mass is 16.1. The van der Waals surface area contributed by atoms with Crippen molar-refractivity contribution in [2.45, 2.75) is 13.8 Å². The maximum Gasteiger partial charge on any atom is 0.268 e. The summed E-state index contributed by atoms with van der Waals surface area (Å²) >= 11 is 0. The van der Waals surface area contributed by atoms with Crippen LogP contribution in [0.2, 0.25) is 0 Å². The van der Waals surface area contributed by atoms with E-state index in [1.807, 2.05) is 42.5 Å². The molecule has 0 radical (unpaired) electrons. The van der Waals surface area contributed by atoms with Crippen LogP contribution in [-0.4, -0.2) is 17.4 Å². The number of carbonyl (C=O) groups is 1. The van der Waals surface area contributed by atoms with E-state index in [1.54, 1.807) is 0 Å². The van der Waals surface area contributed by atoms with Gasteiger partial charge in [-0.15, -0.1) is 0 Å². The summed E-state index contributed by atoms with van der Waals surface area (Å²) in [7, 11) is 0. The third-order valence-electron chi connectivity index (χ3n) is 3.93. The van der Waals surface area contributed by atoms with Crippen molar-refractivity contribution in [1.29, 1.82) is 0 Å². The Hall–Kier alpha value is -2.99. The fourth-order valence-corrected chi connectivity index (χ4v) is 2.47. The van der Waals surface area contributed by atoms with Crippen LogP contribution in [0.5, 0.6) is 0 Å². The molecular formula is C20H18N2O. The number of H-pyrrole nitrogens is 1. The Bertz CT molecular complexity index is 911. The Morgan fingerprint density at radius 3 is 2.70 bits per heavy atom. The van der Waals surface area contributed by atoms with Crippen LogP contribution >= 0.6 is 0 Å². The van der Waals surface area contributed by atoms with Gasteiger partial charge in [-0.1, -0.05) is 36.1 Å². The molecule has 3 nitrogen and oxygen atoms in total. The van der Waals surface area contributed by atoms with Crippen molar-refractivity contribution in [3.63, 3.8) is 0 Å². The van der Waals surface area contributed by atoms with E-state index >= 15 is 0 Å². The molecule has 0 bridgehead atoms. The highest BCUT2D eigenvalue weighted by Gasteiger charge is 2.10. The van der Waals surface area contributed by atoms with E-state index in [-0.39, 0.29) is 5.91 Å². The molecule has 0 unspecified atom stereocenters. The number of carbonyl (C=O) groups excluding carboxylic acids is 1. The zero-order valence-electron chi connectivity index (χ0n) is 13.2. The third kappa shape index (κ3) is 3.27.